The second-order valence-electron chi connectivity index (χ2n) is 5.25. The maximum absolute atomic E-state index is 12.4. The van der Waals surface area contributed by atoms with Crippen LogP contribution >= 0.6 is 23.1 Å². The van der Waals surface area contributed by atoms with E-state index in [-0.39, 0.29) is 5.91 Å². The van der Waals surface area contributed by atoms with Crippen molar-refractivity contribution in [2.75, 3.05) is 27.0 Å². The Balaban J connectivity index is 1.65. The van der Waals surface area contributed by atoms with Crippen LogP contribution in [-0.4, -0.2) is 52.7 Å². The molecule has 0 spiro atoms. The highest BCUT2D eigenvalue weighted by Crippen LogP contribution is 2.21. The fraction of sp³-hybridized carbons (Fsp3) is 0.312. The number of likely N-dealkylation sites (N-methyl/N-ethyl adjacent to an activating group) is 1. The number of benzene rings is 1. The van der Waals surface area contributed by atoms with Gasteiger partial charge in [0.1, 0.15) is 21.6 Å². The molecule has 8 heteroatoms. The summed E-state index contributed by atoms with van der Waals surface area (Å²) >= 11 is 3.04. The largest absolute Gasteiger partial charge is 0.497 e. The van der Waals surface area contributed by atoms with Gasteiger partial charge < -0.3 is 14.6 Å². The number of hydrogen-bond acceptors (Lipinski definition) is 6. The number of rotatable bonds is 6. The van der Waals surface area contributed by atoms with Crippen LogP contribution < -0.4 is 4.74 Å². The van der Waals surface area contributed by atoms with Gasteiger partial charge >= 0.3 is 0 Å². The fourth-order valence-corrected chi connectivity index (χ4v) is 3.54. The summed E-state index contributed by atoms with van der Waals surface area (Å²) in [4.78, 5) is 26.2. The van der Waals surface area contributed by atoms with Gasteiger partial charge in [0.15, 0.2) is 0 Å². The van der Waals surface area contributed by atoms with E-state index < -0.39 is 0 Å². The van der Waals surface area contributed by atoms with Gasteiger partial charge in [0.2, 0.25) is 0 Å². The second-order valence-corrected chi connectivity index (χ2v) is 7.16. The maximum atomic E-state index is 12.4. The molecule has 1 amide bonds. The number of aromatic nitrogens is 3. The molecule has 1 N–H and O–H groups in total. The summed E-state index contributed by atoms with van der Waals surface area (Å²) < 4.78 is 6.11. The molecule has 0 saturated carbocycles. The van der Waals surface area contributed by atoms with Gasteiger partial charge in [0.05, 0.1) is 18.1 Å². The van der Waals surface area contributed by atoms with Crippen molar-refractivity contribution in [1.29, 1.82) is 0 Å². The van der Waals surface area contributed by atoms with Crippen molar-refractivity contribution in [1.82, 2.24) is 19.9 Å². The number of nitrogens with zero attached hydrogens (tertiary/aromatic N) is 3. The molecule has 1 aromatic carbocycles. The average molecular weight is 362 g/mol. The molecule has 0 bridgehead atoms. The van der Waals surface area contributed by atoms with Crippen LogP contribution in [0.1, 0.15) is 16.3 Å². The van der Waals surface area contributed by atoms with Gasteiger partial charge in [0.25, 0.3) is 5.91 Å². The predicted octanol–water partition coefficient (Wildman–Crippen LogP) is 3.06. The van der Waals surface area contributed by atoms with Crippen molar-refractivity contribution < 1.29 is 9.53 Å². The molecule has 0 saturated heterocycles. The Morgan fingerprint density at radius 2 is 2.25 bits per heavy atom. The molecule has 0 radical (unpaired) electrons. The number of fused-ring (bicyclic) bond motifs is 1. The second kappa shape index (κ2) is 7.23. The number of thioether (sulfide) groups is 1. The number of ether oxygens (including phenoxy) is 1. The van der Waals surface area contributed by atoms with Crippen molar-refractivity contribution in [2.24, 2.45) is 0 Å². The average Bonchev–Trinajstić information content (AvgIpc) is 3.24. The Labute approximate surface area is 148 Å². The van der Waals surface area contributed by atoms with Crippen LogP contribution in [0.3, 0.4) is 0 Å². The number of aromatic amines is 1. The van der Waals surface area contributed by atoms with Crippen LogP contribution in [0.5, 0.6) is 5.75 Å². The van der Waals surface area contributed by atoms with E-state index >= 15 is 0 Å². The van der Waals surface area contributed by atoms with Gasteiger partial charge in [-0.3, -0.25) is 4.79 Å². The van der Waals surface area contributed by atoms with Crippen LogP contribution in [0, 0.1) is 0 Å². The summed E-state index contributed by atoms with van der Waals surface area (Å²) in [6, 6.07) is 5.72. The number of methoxy groups -OCH3 is 1. The smallest absolute Gasteiger partial charge is 0.273 e. The number of carbonyl (C=O) groups excluding carboxylic acids is 1. The molecule has 0 aliphatic heterocycles. The molecule has 0 aliphatic rings. The van der Waals surface area contributed by atoms with Gasteiger partial charge in [-0.05, 0) is 18.4 Å². The first-order valence-electron chi connectivity index (χ1n) is 7.38. The van der Waals surface area contributed by atoms with E-state index in [1.165, 1.54) is 11.3 Å². The summed E-state index contributed by atoms with van der Waals surface area (Å²) in [5, 5.41) is 1.80. The molecular weight excluding hydrogens is 344 g/mol. The first-order chi connectivity index (χ1) is 11.6. The molecule has 2 aromatic heterocycles. The van der Waals surface area contributed by atoms with Gasteiger partial charge in [-0.25, -0.2) is 9.97 Å². The van der Waals surface area contributed by atoms with Crippen molar-refractivity contribution in [2.45, 2.75) is 10.8 Å². The molecule has 0 aliphatic carbocycles. The molecule has 0 unspecified atom stereocenters. The van der Waals surface area contributed by atoms with E-state index in [1.54, 1.807) is 36.2 Å². The minimum Gasteiger partial charge on any atom is -0.497 e. The van der Waals surface area contributed by atoms with E-state index in [9.17, 15) is 4.79 Å². The lowest BCUT2D eigenvalue weighted by molar-refractivity contribution is 0.0790. The zero-order valence-corrected chi connectivity index (χ0v) is 15.3. The minimum atomic E-state index is -0.0654. The highest BCUT2D eigenvalue weighted by Gasteiger charge is 2.16. The van der Waals surface area contributed by atoms with Crippen LogP contribution in [0.25, 0.3) is 11.0 Å². The zero-order chi connectivity index (χ0) is 17.1. The number of nitrogens with one attached hydrogen (secondary N) is 1. The van der Waals surface area contributed by atoms with Crippen molar-refractivity contribution in [3.05, 3.63) is 35.1 Å². The third kappa shape index (κ3) is 3.54. The van der Waals surface area contributed by atoms with E-state index in [4.69, 9.17) is 4.74 Å². The van der Waals surface area contributed by atoms with Gasteiger partial charge in [-0.1, -0.05) is 11.8 Å². The highest BCUT2D eigenvalue weighted by molar-refractivity contribution is 8.00. The van der Waals surface area contributed by atoms with E-state index in [2.05, 4.69) is 15.0 Å². The molecule has 0 fully saturated rings. The third-order valence-electron chi connectivity index (χ3n) is 3.65. The topological polar surface area (TPSA) is 71.1 Å². The van der Waals surface area contributed by atoms with Gasteiger partial charge in [-0.2, -0.15) is 0 Å². The minimum absolute atomic E-state index is 0.0654. The SMILES string of the molecule is COc1ccc2nc(CCN(C)C(=O)c3csc(SC)n3)[nH]c2c1. The lowest BCUT2D eigenvalue weighted by Crippen LogP contribution is -2.29. The Morgan fingerprint density at radius 3 is 2.96 bits per heavy atom. The standard InChI is InChI=1S/C16H18N4O2S2/c1-20(15(21)13-9-24-16(19-13)23-3)7-6-14-17-11-5-4-10(22-2)8-12(11)18-14/h4-5,8-9H,6-7H2,1-3H3,(H,17,18). The quantitative estimate of drug-likeness (QED) is 0.683. The van der Waals surface area contributed by atoms with Crippen molar-refractivity contribution in [3.8, 4) is 5.75 Å². The molecule has 0 atom stereocenters. The summed E-state index contributed by atoms with van der Waals surface area (Å²) in [5.74, 6) is 1.57. The van der Waals surface area contributed by atoms with Crippen LogP contribution in [0.2, 0.25) is 0 Å². The lowest BCUT2D eigenvalue weighted by atomic mass is 10.3. The summed E-state index contributed by atoms with van der Waals surface area (Å²) in [7, 11) is 3.42. The Kier molecular flexibility index (Phi) is 5.06. The maximum Gasteiger partial charge on any atom is 0.273 e. The molecule has 24 heavy (non-hydrogen) atoms. The number of imidazole rings is 1. The zero-order valence-electron chi connectivity index (χ0n) is 13.7. The third-order valence-corrected chi connectivity index (χ3v) is 5.51. The number of amides is 1. The molecule has 6 nitrogen and oxygen atoms in total. The molecule has 3 rings (SSSR count). The highest BCUT2D eigenvalue weighted by atomic mass is 32.2. The fourth-order valence-electron chi connectivity index (χ4n) is 2.31. The Bertz CT molecular complexity index is 859. The van der Waals surface area contributed by atoms with Gasteiger partial charge in [-0.15, -0.1) is 11.3 Å². The number of thiazole rings is 1. The number of H-pyrrole nitrogens is 1. The lowest BCUT2D eigenvalue weighted by Gasteiger charge is -2.14. The van der Waals surface area contributed by atoms with Gasteiger partial charge in [0, 0.05) is 31.5 Å². The van der Waals surface area contributed by atoms with E-state index in [0.29, 0.717) is 18.7 Å². The molecular formula is C16H18N4O2S2. The Morgan fingerprint density at radius 1 is 1.42 bits per heavy atom. The monoisotopic (exact) mass is 362 g/mol. The Hall–Kier alpha value is -2.06. The first-order valence-corrected chi connectivity index (χ1v) is 9.48. The number of hydrogen-bond donors (Lipinski definition) is 1. The summed E-state index contributed by atoms with van der Waals surface area (Å²) in [6.45, 7) is 0.571. The van der Waals surface area contributed by atoms with Crippen LogP contribution in [0.4, 0.5) is 0 Å². The predicted molar refractivity (Wildman–Crippen MR) is 97.2 cm³/mol. The van der Waals surface area contributed by atoms with Crippen molar-refractivity contribution >= 4 is 40.0 Å². The first kappa shape index (κ1) is 16.8. The summed E-state index contributed by atoms with van der Waals surface area (Å²) in [6.07, 6.45) is 2.60. The number of carbonyl (C=O) groups is 1. The molecule has 126 valence electrons. The van der Waals surface area contributed by atoms with Crippen LogP contribution in [0.15, 0.2) is 27.9 Å². The normalized spacial score (nSPS) is 11.0. The van der Waals surface area contributed by atoms with E-state index in [1.807, 2.05) is 24.5 Å². The molecule has 2 heterocycles. The van der Waals surface area contributed by atoms with Crippen LogP contribution in [-0.2, 0) is 6.42 Å². The molecule has 3 aromatic rings. The van der Waals surface area contributed by atoms with Crippen molar-refractivity contribution in [3.63, 3.8) is 0 Å². The summed E-state index contributed by atoms with van der Waals surface area (Å²) in [5.41, 5.74) is 2.33. The van der Waals surface area contributed by atoms with E-state index in [0.717, 1.165) is 26.9 Å².